The Balaban J connectivity index is 1.35. The van der Waals surface area contributed by atoms with Crippen molar-refractivity contribution in [2.75, 3.05) is 6.54 Å². The summed E-state index contributed by atoms with van der Waals surface area (Å²) in [4.78, 5) is 11.2. The van der Waals surface area contributed by atoms with Crippen molar-refractivity contribution in [2.24, 2.45) is 0 Å². The maximum atomic E-state index is 11.5. The van der Waals surface area contributed by atoms with Gasteiger partial charge in [-0.15, -0.1) is 10.2 Å². The van der Waals surface area contributed by atoms with Gasteiger partial charge in [-0.05, 0) is 65.6 Å². The van der Waals surface area contributed by atoms with Crippen LogP contribution in [0.25, 0.3) is 16.5 Å². The van der Waals surface area contributed by atoms with Crippen molar-refractivity contribution in [3.05, 3.63) is 124 Å². The number of ether oxygens (including phenoxy) is 1. The second kappa shape index (κ2) is 10.8. The lowest BCUT2D eigenvalue weighted by molar-refractivity contribution is -0.479. The van der Waals surface area contributed by atoms with Crippen LogP contribution < -0.4 is 4.74 Å². The van der Waals surface area contributed by atoms with Crippen molar-refractivity contribution in [1.29, 1.82) is 0 Å². The monoisotopic (exact) mass is 510 g/mol. The fourth-order valence-electron chi connectivity index (χ4n) is 4.32. The van der Waals surface area contributed by atoms with E-state index in [2.05, 4.69) is 34.5 Å². The minimum atomic E-state index is -0.436. The topological polar surface area (TPSA) is 83.1 Å². The zero-order valence-electron chi connectivity index (χ0n) is 20.6. The van der Waals surface area contributed by atoms with Crippen LogP contribution >= 0.6 is 11.8 Å². The molecule has 0 bridgehead atoms. The van der Waals surface area contributed by atoms with E-state index in [9.17, 15) is 10.1 Å². The number of aromatic nitrogens is 3. The zero-order chi connectivity index (χ0) is 25.8. The summed E-state index contributed by atoms with van der Waals surface area (Å²) in [6, 6.07) is 29.9. The van der Waals surface area contributed by atoms with Crippen LogP contribution in [0.15, 0.2) is 96.2 Å². The number of benzene rings is 4. The Labute approximate surface area is 219 Å². The molecule has 4 aromatic carbocycles. The third-order valence-corrected chi connectivity index (χ3v) is 7.32. The number of fused-ring (bicyclic) bond motifs is 1. The van der Waals surface area contributed by atoms with E-state index in [1.807, 2.05) is 85.1 Å². The molecule has 0 saturated heterocycles. The molecule has 0 fully saturated rings. The predicted octanol–water partition coefficient (Wildman–Crippen LogP) is 6.73. The number of nitrogens with zero attached hydrogens (tertiary/aromatic N) is 4. The van der Waals surface area contributed by atoms with Crippen molar-refractivity contribution in [1.82, 2.24) is 14.8 Å². The highest BCUT2D eigenvalue weighted by Crippen LogP contribution is 2.36. The summed E-state index contributed by atoms with van der Waals surface area (Å²) in [5.74, 6) is 1.44. The van der Waals surface area contributed by atoms with E-state index in [0.29, 0.717) is 17.5 Å². The van der Waals surface area contributed by atoms with Crippen molar-refractivity contribution in [2.45, 2.75) is 30.9 Å². The first-order valence-corrected chi connectivity index (χ1v) is 12.8. The molecule has 1 atom stereocenters. The van der Waals surface area contributed by atoms with Gasteiger partial charge in [-0.25, -0.2) is 0 Å². The molecule has 0 amide bonds. The highest BCUT2D eigenvalue weighted by atomic mass is 32.2. The molecular formula is C29H26N4O3S. The van der Waals surface area contributed by atoms with Gasteiger partial charge in [0.2, 0.25) is 6.54 Å². The molecule has 1 aromatic heterocycles. The highest BCUT2D eigenvalue weighted by Gasteiger charge is 2.24. The van der Waals surface area contributed by atoms with Crippen LogP contribution in [-0.4, -0.2) is 26.2 Å². The average molecular weight is 511 g/mol. The van der Waals surface area contributed by atoms with Gasteiger partial charge in [0.25, 0.3) is 0 Å². The van der Waals surface area contributed by atoms with Gasteiger partial charge in [-0.1, -0.05) is 78.5 Å². The van der Waals surface area contributed by atoms with E-state index in [-0.39, 0.29) is 11.5 Å². The molecule has 7 nitrogen and oxygen atoms in total. The van der Waals surface area contributed by atoms with Gasteiger partial charge in [-0.2, -0.15) is 0 Å². The molecule has 5 aromatic rings. The van der Waals surface area contributed by atoms with Crippen LogP contribution in [0.3, 0.4) is 0 Å². The molecule has 0 spiro atoms. The van der Waals surface area contributed by atoms with Gasteiger partial charge < -0.3 is 4.74 Å². The third kappa shape index (κ3) is 5.65. The molecule has 0 aliphatic carbocycles. The first-order chi connectivity index (χ1) is 18.0. The van der Waals surface area contributed by atoms with Gasteiger partial charge in [0.15, 0.2) is 5.16 Å². The minimum absolute atomic E-state index is 0.236. The lowest BCUT2D eigenvalue weighted by atomic mass is 10.1. The SMILES string of the molecule is Cc1cccc(-n2c(C)nnc2S[C@@H](C[N+](=O)[O-])c2ccc(OCc3cccc4ccccc34)cc2)c1. The molecule has 0 aliphatic rings. The van der Waals surface area contributed by atoms with E-state index >= 15 is 0 Å². The van der Waals surface area contributed by atoms with Crippen molar-refractivity contribution in [3.63, 3.8) is 0 Å². The van der Waals surface area contributed by atoms with E-state index in [1.54, 1.807) is 0 Å². The lowest BCUT2D eigenvalue weighted by Gasteiger charge is -2.15. The molecule has 1 heterocycles. The summed E-state index contributed by atoms with van der Waals surface area (Å²) in [5, 5.41) is 22.6. The molecule has 5 rings (SSSR count). The Morgan fingerprint density at radius 2 is 1.70 bits per heavy atom. The first-order valence-electron chi connectivity index (χ1n) is 11.9. The van der Waals surface area contributed by atoms with E-state index in [1.165, 1.54) is 17.1 Å². The summed E-state index contributed by atoms with van der Waals surface area (Å²) in [6.07, 6.45) is 0. The number of aryl methyl sites for hydroxylation is 2. The second-order valence-corrected chi connectivity index (χ2v) is 9.99. The smallest absolute Gasteiger partial charge is 0.220 e. The van der Waals surface area contributed by atoms with Gasteiger partial charge in [0.1, 0.15) is 23.4 Å². The summed E-state index contributed by atoms with van der Waals surface area (Å²) < 4.78 is 8.00. The van der Waals surface area contributed by atoms with Crippen molar-refractivity contribution >= 4 is 22.5 Å². The molecule has 0 saturated carbocycles. The van der Waals surface area contributed by atoms with Gasteiger partial charge in [0.05, 0.1) is 0 Å². The van der Waals surface area contributed by atoms with Crippen LogP contribution in [0.5, 0.6) is 5.75 Å². The third-order valence-electron chi connectivity index (χ3n) is 6.14. The standard InChI is InChI=1S/C29H26N4O3S/c1-20-7-5-11-25(17-20)33-21(2)30-31-29(33)37-28(18-32(34)35)23-13-15-26(16-14-23)36-19-24-10-6-9-22-8-3-4-12-27(22)24/h3-17,28H,18-19H2,1-2H3/t28-/m0/s1. The quantitative estimate of drug-likeness (QED) is 0.124. The van der Waals surface area contributed by atoms with E-state index in [0.717, 1.165) is 33.6 Å². The lowest BCUT2D eigenvalue weighted by Crippen LogP contribution is -2.11. The zero-order valence-corrected chi connectivity index (χ0v) is 21.4. The Kier molecular flexibility index (Phi) is 7.18. The molecular weight excluding hydrogens is 484 g/mol. The van der Waals surface area contributed by atoms with Crippen LogP contribution in [0.4, 0.5) is 0 Å². The Morgan fingerprint density at radius 3 is 2.49 bits per heavy atom. The highest BCUT2D eigenvalue weighted by molar-refractivity contribution is 7.99. The summed E-state index contributed by atoms with van der Waals surface area (Å²) >= 11 is 1.34. The van der Waals surface area contributed by atoms with Crippen LogP contribution in [0, 0.1) is 24.0 Å². The van der Waals surface area contributed by atoms with Crippen molar-refractivity contribution < 1.29 is 9.66 Å². The molecule has 8 heteroatoms. The van der Waals surface area contributed by atoms with Crippen LogP contribution in [0.2, 0.25) is 0 Å². The fraction of sp³-hybridized carbons (Fsp3) is 0.172. The normalized spacial score (nSPS) is 11.9. The van der Waals surface area contributed by atoms with Gasteiger partial charge >= 0.3 is 0 Å². The second-order valence-electron chi connectivity index (χ2n) is 8.82. The molecule has 0 unspecified atom stereocenters. The van der Waals surface area contributed by atoms with E-state index < -0.39 is 5.25 Å². The van der Waals surface area contributed by atoms with Crippen LogP contribution in [0.1, 0.15) is 27.8 Å². The largest absolute Gasteiger partial charge is 0.489 e. The molecule has 37 heavy (non-hydrogen) atoms. The van der Waals surface area contributed by atoms with E-state index in [4.69, 9.17) is 4.74 Å². The van der Waals surface area contributed by atoms with Gasteiger partial charge in [-0.3, -0.25) is 14.7 Å². The molecule has 186 valence electrons. The predicted molar refractivity (Wildman–Crippen MR) is 146 cm³/mol. The van der Waals surface area contributed by atoms with Crippen molar-refractivity contribution in [3.8, 4) is 11.4 Å². The number of hydrogen-bond acceptors (Lipinski definition) is 6. The summed E-state index contributed by atoms with van der Waals surface area (Å²) in [7, 11) is 0. The number of rotatable bonds is 9. The molecule has 0 N–H and O–H groups in total. The first kappa shape index (κ1) is 24.5. The van der Waals surface area contributed by atoms with Gasteiger partial charge in [0, 0.05) is 10.6 Å². The van der Waals surface area contributed by atoms with Crippen LogP contribution in [-0.2, 0) is 6.61 Å². The minimum Gasteiger partial charge on any atom is -0.489 e. The Bertz CT molecular complexity index is 1540. The fourth-order valence-corrected chi connectivity index (χ4v) is 5.49. The number of thioether (sulfide) groups is 1. The molecule has 0 radical (unpaired) electrons. The maximum absolute atomic E-state index is 11.5. The number of hydrogen-bond donors (Lipinski definition) is 0. The summed E-state index contributed by atoms with van der Waals surface area (Å²) in [5.41, 5.74) is 3.98. The maximum Gasteiger partial charge on any atom is 0.220 e. The summed E-state index contributed by atoms with van der Waals surface area (Å²) in [6.45, 7) is 4.10. The molecule has 0 aliphatic heterocycles. The Hall–Kier alpha value is -4.17. The number of nitro groups is 1. The Morgan fingerprint density at radius 1 is 0.946 bits per heavy atom. The average Bonchev–Trinajstić information content (AvgIpc) is 3.26.